The fraction of sp³-hybridized carbons (Fsp3) is 0.571. The van der Waals surface area contributed by atoms with Gasteiger partial charge in [0.2, 0.25) is 0 Å². The maximum absolute atomic E-state index is 11.6. The van der Waals surface area contributed by atoms with E-state index in [1.165, 1.54) is 51.0 Å². The molecule has 0 aromatic heterocycles. The minimum absolute atomic E-state index is 0.259. The molecule has 0 aliphatic heterocycles. The molecule has 3 heteroatoms. The number of carbonyl (C=O) groups excluding carboxylic acids is 1. The van der Waals surface area contributed by atoms with Crippen molar-refractivity contribution in [3.8, 4) is 5.75 Å². The van der Waals surface area contributed by atoms with Gasteiger partial charge in [0, 0.05) is 6.08 Å². The molecule has 24 heavy (non-hydrogen) atoms. The third kappa shape index (κ3) is 8.19. The van der Waals surface area contributed by atoms with E-state index in [0.29, 0.717) is 12.5 Å². The Hall–Kier alpha value is -1.77. The Morgan fingerprint density at radius 2 is 1.79 bits per heavy atom. The van der Waals surface area contributed by atoms with Crippen LogP contribution in [-0.4, -0.2) is 19.2 Å². The quantitative estimate of drug-likeness (QED) is 0.293. The number of rotatable bonds is 12. The highest BCUT2D eigenvalue weighted by Gasteiger charge is 2.22. The maximum Gasteiger partial charge on any atom is 0.330 e. The molecule has 132 valence electrons. The highest BCUT2D eigenvalue weighted by atomic mass is 16.5. The summed E-state index contributed by atoms with van der Waals surface area (Å²) >= 11 is 0. The van der Waals surface area contributed by atoms with Crippen LogP contribution in [-0.2, 0) is 9.53 Å². The number of hydrogen-bond donors (Lipinski definition) is 0. The molecule has 0 atom stereocenters. The average molecular weight is 330 g/mol. The van der Waals surface area contributed by atoms with E-state index in [-0.39, 0.29) is 5.97 Å². The van der Waals surface area contributed by atoms with Gasteiger partial charge in [0.25, 0.3) is 0 Å². The first-order chi connectivity index (χ1) is 11.8. The molecular formula is C21H30O3. The van der Waals surface area contributed by atoms with Crippen LogP contribution in [0.25, 0.3) is 6.08 Å². The minimum Gasteiger partial charge on any atom is -0.494 e. The van der Waals surface area contributed by atoms with Crippen LogP contribution >= 0.6 is 0 Å². The third-order valence-electron chi connectivity index (χ3n) is 4.22. The molecule has 0 unspecified atom stereocenters. The molecule has 0 bridgehead atoms. The van der Waals surface area contributed by atoms with Crippen LogP contribution in [0.1, 0.15) is 63.9 Å². The molecule has 3 nitrogen and oxygen atoms in total. The second-order valence-electron chi connectivity index (χ2n) is 6.59. The number of carbonyl (C=O) groups is 1. The number of hydrogen-bond acceptors (Lipinski definition) is 3. The van der Waals surface area contributed by atoms with E-state index in [2.05, 4.69) is 6.92 Å². The Labute approximate surface area is 146 Å². The van der Waals surface area contributed by atoms with Crippen molar-refractivity contribution in [2.24, 2.45) is 5.92 Å². The first-order valence-electron chi connectivity index (χ1n) is 9.35. The second kappa shape index (κ2) is 10.9. The summed E-state index contributed by atoms with van der Waals surface area (Å²) in [5.41, 5.74) is 0.977. The van der Waals surface area contributed by atoms with E-state index >= 15 is 0 Å². The largest absolute Gasteiger partial charge is 0.494 e. The molecule has 1 aromatic carbocycles. The lowest BCUT2D eigenvalue weighted by atomic mass is 10.1. The second-order valence-corrected chi connectivity index (χ2v) is 6.59. The van der Waals surface area contributed by atoms with E-state index in [4.69, 9.17) is 9.47 Å². The van der Waals surface area contributed by atoms with E-state index in [0.717, 1.165) is 24.3 Å². The van der Waals surface area contributed by atoms with Crippen molar-refractivity contribution in [1.82, 2.24) is 0 Å². The Balaban J connectivity index is 1.60. The summed E-state index contributed by atoms with van der Waals surface area (Å²) in [6.07, 6.45) is 13.3. The van der Waals surface area contributed by atoms with Gasteiger partial charge in [-0.1, -0.05) is 51.2 Å². The predicted molar refractivity (Wildman–Crippen MR) is 98.0 cm³/mol. The highest BCUT2D eigenvalue weighted by Crippen LogP contribution is 2.28. The SMILES string of the molecule is CCCCCCCCOc1ccc(C=CC(=O)OCC2CC2)cc1. The zero-order chi connectivity index (χ0) is 17.0. The van der Waals surface area contributed by atoms with E-state index in [9.17, 15) is 4.79 Å². The van der Waals surface area contributed by atoms with E-state index in [1.807, 2.05) is 24.3 Å². The molecule has 2 rings (SSSR count). The normalized spacial score (nSPS) is 14.0. The maximum atomic E-state index is 11.6. The Morgan fingerprint density at radius 3 is 2.50 bits per heavy atom. The van der Waals surface area contributed by atoms with Crippen molar-refractivity contribution in [3.63, 3.8) is 0 Å². The number of benzene rings is 1. The first kappa shape index (κ1) is 18.6. The molecule has 1 aliphatic carbocycles. The fourth-order valence-corrected chi connectivity index (χ4v) is 2.44. The number of unbranched alkanes of at least 4 members (excludes halogenated alkanes) is 5. The van der Waals surface area contributed by atoms with Crippen molar-refractivity contribution in [1.29, 1.82) is 0 Å². The average Bonchev–Trinajstić information content (AvgIpc) is 3.43. The zero-order valence-corrected chi connectivity index (χ0v) is 14.8. The molecule has 1 saturated carbocycles. The van der Waals surface area contributed by atoms with Gasteiger partial charge in [0.05, 0.1) is 13.2 Å². The van der Waals surface area contributed by atoms with Crippen molar-refractivity contribution in [3.05, 3.63) is 35.9 Å². The van der Waals surface area contributed by atoms with Gasteiger partial charge in [-0.25, -0.2) is 4.79 Å². The van der Waals surface area contributed by atoms with Crippen molar-refractivity contribution < 1.29 is 14.3 Å². The van der Waals surface area contributed by atoms with Crippen molar-refractivity contribution >= 4 is 12.0 Å². The smallest absolute Gasteiger partial charge is 0.330 e. The van der Waals surface area contributed by atoms with Crippen LogP contribution in [0.2, 0.25) is 0 Å². The van der Waals surface area contributed by atoms with Gasteiger partial charge in [-0.15, -0.1) is 0 Å². The molecule has 1 aliphatic rings. The standard InChI is InChI=1S/C21H30O3/c1-2-3-4-5-6-7-16-23-20-13-10-18(11-14-20)12-15-21(22)24-17-19-8-9-19/h10-15,19H,2-9,16-17H2,1H3. The van der Waals surface area contributed by atoms with Gasteiger partial charge < -0.3 is 9.47 Å². The van der Waals surface area contributed by atoms with E-state index < -0.39 is 0 Å². The third-order valence-corrected chi connectivity index (χ3v) is 4.22. The molecule has 1 aromatic rings. The highest BCUT2D eigenvalue weighted by molar-refractivity contribution is 5.87. The van der Waals surface area contributed by atoms with Gasteiger partial charge >= 0.3 is 5.97 Å². The molecule has 0 spiro atoms. The zero-order valence-electron chi connectivity index (χ0n) is 14.8. The van der Waals surface area contributed by atoms with Crippen molar-refractivity contribution in [2.45, 2.75) is 58.3 Å². The lowest BCUT2D eigenvalue weighted by Gasteiger charge is -2.06. The van der Waals surface area contributed by atoms with Gasteiger partial charge in [0.1, 0.15) is 5.75 Å². The first-order valence-corrected chi connectivity index (χ1v) is 9.35. The van der Waals surface area contributed by atoms with Crippen LogP contribution in [0.3, 0.4) is 0 Å². The van der Waals surface area contributed by atoms with Crippen LogP contribution in [0.5, 0.6) is 5.75 Å². The topological polar surface area (TPSA) is 35.5 Å². The molecule has 1 fully saturated rings. The summed E-state index contributed by atoms with van der Waals surface area (Å²) in [5.74, 6) is 1.23. The molecule has 0 radical (unpaired) electrons. The van der Waals surface area contributed by atoms with Gasteiger partial charge in [-0.2, -0.15) is 0 Å². The van der Waals surface area contributed by atoms with Gasteiger partial charge in [-0.05, 0) is 49.0 Å². The summed E-state index contributed by atoms with van der Waals surface area (Å²) in [5, 5.41) is 0. The molecular weight excluding hydrogens is 300 g/mol. The van der Waals surface area contributed by atoms with Gasteiger partial charge in [0.15, 0.2) is 0 Å². The molecule has 0 saturated heterocycles. The summed E-state index contributed by atoms with van der Waals surface area (Å²) in [6.45, 7) is 3.57. The summed E-state index contributed by atoms with van der Waals surface area (Å²) in [7, 11) is 0. The lowest BCUT2D eigenvalue weighted by molar-refractivity contribution is -0.138. The Kier molecular flexibility index (Phi) is 8.43. The summed E-state index contributed by atoms with van der Waals surface area (Å²) in [6, 6.07) is 7.82. The molecule has 0 heterocycles. The summed E-state index contributed by atoms with van der Waals surface area (Å²) in [4.78, 5) is 11.6. The van der Waals surface area contributed by atoms with Gasteiger partial charge in [-0.3, -0.25) is 0 Å². The fourth-order valence-electron chi connectivity index (χ4n) is 2.44. The summed E-state index contributed by atoms with van der Waals surface area (Å²) < 4.78 is 10.9. The predicted octanol–water partition coefficient (Wildman–Crippen LogP) is 5.39. The molecule has 0 N–H and O–H groups in total. The molecule has 0 amide bonds. The Morgan fingerprint density at radius 1 is 1.08 bits per heavy atom. The lowest BCUT2D eigenvalue weighted by Crippen LogP contribution is -2.03. The van der Waals surface area contributed by atoms with Crippen LogP contribution < -0.4 is 4.74 Å². The van der Waals surface area contributed by atoms with Crippen LogP contribution in [0.15, 0.2) is 30.3 Å². The van der Waals surface area contributed by atoms with Crippen LogP contribution in [0.4, 0.5) is 0 Å². The van der Waals surface area contributed by atoms with Crippen molar-refractivity contribution in [2.75, 3.05) is 13.2 Å². The number of esters is 1. The number of ether oxygens (including phenoxy) is 2. The Bertz CT molecular complexity index is 500. The van der Waals surface area contributed by atoms with Crippen LogP contribution in [0, 0.1) is 5.92 Å². The van der Waals surface area contributed by atoms with E-state index in [1.54, 1.807) is 6.08 Å². The minimum atomic E-state index is -0.259. The monoisotopic (exact) mass is 330 g/mol.